The summed E-state index contributed by atoms with van der Waals surface area (Å²) in [6.07, 6.45) is 2.98. The van der Waals surface area contributed by atoms with Gasteiger partial charge >= 0.3 is 0 Å². The molecule has 1 aromatic heterocycles. The highest BCUT2D eigenvalue weighted by Gasteiger charge is 2.13. The van der Waals surface area contributed by atoms with Crippen LogP contribution in [0.25, 0.3) is 10.9 Å². The van der Waals surface area contributed by atoms with Crippen LogP contribution in [0, 0.1) is 0 Å². The fraction of sp³-hybridized carbons (Fsp3) is 0.222. The van der Waals surface area contributed by atoms with E-state index < -0.39 is 0 Å². The van der Waals surface area contributed by atoms with Gasteiger partial charge < -0.3 is 10.2 Å². The molecule has 0 saturated heterocycles. The molecule has 1 aliphatic rings. The van der Waals surface area contributed by atoms with Crippen LogP contribution in [0.5, 0.6) is 0 Å². The maximum atomic E-state index is 4.56. The number of hydrogen-bond acceptors (Lipinski definition) is 4. The monoisotopic (exact) mass is 290 g/mol. The van der Waals surface area contributed by atoms with Gasteiger partial charge in [-0.15, -0.1) is 0 Å². The normalized spacial score (nSPS) is 14.8. The number of nitrogens with zero attached hydrogens (tertiary/aromatic N) is 3. The average molecular weight is 290 g/mol. The van der Waals surface area contributed by atoms with Crippen molar-refractivity contribution in [3.8, 4) is 0 Å². The van der Waals surface area contributed by atoms with Crippen molar-refractivity contribution in [1.29, 1.82) is 0 Å². The van der Waals surface area contributed by atoms with Gasteiger partial charge in [-0.1, -0.05) is 24.3 Å². The van der Waals surface area contributed by atoms with E-state index in [0.29, 0.717) is 5.95 Å². The van der Waals surface area contributed by atoms with Crippen LogP contribution in [-0.4, -0.2) is 28.5 Å². The molecule has 0 unspecified atom stereocenters. The molecule has 0 aliphatic carbocycles. The second-order valence-electron chi connectivity index (χ2n) is 5.85. The minimum atomic E-state index is 0.641. The first-order valence-corrected chi connectivity index (χ1v) is 7.57. The van der Waals surface area contributed by atoms with Crippen LogP contribution in [0.15, 0.2) is 48.7 Å². The Balaban J connectivity index is 1.63. The first-order chi connectivity index (χ1) is 10.8. The van der Waals surface area contributed by atoms with Crippen LogP contribution in [0.4, 0.5) is 11.6 Å². The van der Waals surface area contributed by atoms with Crippen LogP contribution in [-0.2, 0) is 13.0 Å². The van der Waals surface area contributed by atoms with Crippen LogP contribution < -0.4 is 5.32 Å². The molecule has 3 aromatic rings. The van der Waals surface area contributed by atoms with E-state index in [9.17, 15) is 0 Å². The molecule has 2 aromatic carbocycles. The number of aromatic nitrogens is 2. The third kappa shape index (κ3) is 2.53. The van der Waals surface area contributed by atoms with Crippen molar-refractivity contribution in [2.45, 2.75) is 13.0 Å². The molecule has 110 valence electrons. The first-order valence-electron chi connectivity index (χ1n) is 7.57. The number of rotatable bonds is 2. The quantitative estimate of drug-likeness (QED) is 0.785. The largest absolute Gasteiger partial charge is 0.324 e. The van der Waals surface area contributed by atoms with Gasteiger partial charge in [0, 0.05) is 30.4 Å². The summed E-state index contributed by atoms with van der Waals surface area (Å²) in [5.74, 6) is 0.641. The Labute approximate surface area is 129 Å². The predicted octanol–water partition coefficient (Wildman–Crippen LogP) is 3.36. The summed E-state index contributed by atoms with van der Waals surface area (Å²) in [4.78, 5) is 11.3. The lowest BCUT2D eigenvalue weighted by atomic mass is 9.99. The van der Waals surface area contributed by atoms with Gasteiger partial charge in [-0.05, 0) is 42.8 Å². The maximum Gasteiger partial charge on any atom is 0.227 e. The minimum Gasteiger partial charge on any atom is -0.324 e. The lowest BCUT2D eigenvalue weighted by Crippen LogP contribution is -2.26. The van der Waals surface area contributed by atoms with E-state index in [1.54, 1.807) is 0 Å². The molecular weight excluding hydrogens is 272 g/mol. The number of anilines is 2. The maximum absolute atomic E-state index is 4.56. The fourth-order valence-electron chi connectivity index (χ4n) is 2.94. The van der Waals surface area contributed by atoms with Gasteiger partial charge in [-0.2, -0.15) is 0 Å². The van der Waals surface area contributed by atoms with Crippen LogP contribution >= 0.6 is 0 Å². The molecule has 0 atom stereocenters. The molecule has 4 nitrogen and oxygen atoms in total. The van der Waals surface area contributed by atoms with E-state index in [0.717, 1.165) is 36.1 Å². The topological polar surface area (TPSA) is 41.0 Å². The Hall–Kier alpha value is -2.46. The zero-order valence-corrected chi connectivity index (χ0v) is 12.6. The zero-order valence-electron chi connectivity index (χ0n) is 12.6. The lowest BCUT2D eigenvalue weighted by molar-refractivity contribution is 0.313. The van der Waals surface area contributed by atoms with Gasteiger partial charge in [-0.3, -0.25) is 0 Å². The Kier molecular flexibility index (Phi) is 3.24. The van der Waals surface area contributed by atoms with Gasteiger partial charge in [0.05, 0.1) is 5.52 Å². The average Bonchev–Trinajstić information content (AvgIpc) is 2.54. The van der Waals surface area contributed by atoms with Gasteiger partial charge in [0.1, 0.15) is 0 Å². The smallest absolute Gasteiger partial charge is 0.227 e. The number of para-hydroxylation sites is 1. The standard InChI is InChI=1S/C18H18N4/c1-22-9-8-13-6-7-16(10-15(13)12-22)20-18-19-11-14-4-2-3-5-17(14)21-18/h2-7,10-11H,8-9,12H2,1H3,(H,19,20,21). The van der Waals surface area contributed by atoms with Crippen molar-refractivity contribution in [2.75, 3.05) is 18.9 Å². The van der Waals surface area contributed by atoms with E-state index in [1.165, 1.54) is 11.1 Å². The second-order valence-corrected chi connectivity index (χ2v) is 5.85. The van der Waals surface area contributed by atoms with Crippen molar-refractivity contribution in [2.24, 2.45) is 0 Å². The molecule has 22 heavy (non-hydrogen) atoms. The summed E-state index contributed by atoms with van der Waals surface area (Å²) in [7, 11) is 2.16. The van der Waals surface area contributed by atoms with Gasteiger partial charge in [0.25, 0.3) is 0 Å². The van der Waals surface area contributed by atoms with Crippen LogP contribution in [0.3, 0.4) is 0 Å². The molecule has 0 radical (unpaired) electrons. The number of fused-ring (bicyclic) bond motifs is 2. The molecule has 4 heteroatoms. The predicted molar refractivity (Wildman–Crippen MR) is 89.3 cm³/mol. The summed E-state index contributed by atoms with van der Waals surface area (Å²) < 4.78 is 0. The first kappa shape index (κ1) is 13.2. The van der Waals surface area contributed by atoms with E-state index in [2.05, 4.69) is 45.4 Å². The molecule has 0 saturated carbocycles. The zero-order chi connectivity index (χ0) is 14.9. The highest BCUT2D eigenvalue weighted by atomic mass is 15.1. The number of hydrogen-bond donors (Lipinski definition) is 1. The van der Waals surface area contributed by atoms with Gasteiger partial charge in [0.2, 0.25) is 5.95 Å². The summed E-state index contributed by atoms with van der Waals surface area (Å²) in [5, 5.41) is 4.38. The summed E-state index contributed by atoms with van der Waals surface area (Å²) in [5.41, 5.74) is 4.84. The van der Waals surface area contributed by atoms with Crippen molar-refractivity contribution < 1.29 is 0 Å². The van der Waals surface area contributed by atoms with Crippen molar-refractivity contribution >= 4 is 22.5 Å². The third-order valence-corrected chi connectivity index (χ3v) is 4.15. The highest BCUT2D eigenvalue weighted by molar-refractivity contribution is 5.78. The molecule has 1 N–H and O–H groups in total. The summed E-state index contributed by atoms with van der Waals surface area (Å²) in [6, 6.07) is 14.6. The molecule has 0 bridgehead atoms. The molecule has 4 rings (SSSR count). The number of nitrogens with one attached hydrogen (secondary N) is 1. The lowest BCUT2D eigenvalue weighted by Gasteiger charge is -2.25. The van der Waals surface area contributed by atoms with E-state index >= 15 is 0 Å². The van der Waals surface area contributed by atoms with E-state index in [1.807, 2.05) is 30.5 Å². The number of benzene rings is 2. The van der Waals surface area contributed by atoms with Crippen molar-refractivity contribution in [3.63, 3.8) is 0 Å². The highest BCUT2D eigenvalue weighted by Crippen LogP contribution is 2.23. The van der Waals surface area contributed by atoms with Crippen molar-refractivity contribution in [1.82, 2.24) is 14.9 Å². The minimum absolute atomic E-state index is 0.641. The van der Waals surface area contributed by atoms with Gasteiger partial charge in [-0.25, -0.2) is 9.97 Å². The van der Waals surface area contributed by atoms with Crippen LogP contribution in [0.2, 0.25) is 0 Å². The fourth-order valence-corrected chi connectivity index (χ4v) is 2.94. The molecule has 0 amide bonds. The Morgan fingerprint density at radius 2 is 2.00 bits per heavy atom. The molecule has 0 fully saturated rings. The molecular formula is C18H18N4. The van der Waals surface area contributed by atoms with Crippen LogP contribution in [0.1, 0.15) is 11.1 Å². The third-order valence-electron chi connectivity index (χ3n) is 4.15. The molecule has 0 spiro atoms. The Morgan fingerprint density at radius 1 is 1.09 bits per heavy atom. The SMILES string of the molecule is CN1CCc2ccc(Nc3ncc4ccccc4n3)cc2C1. The van der Waals surface area contributed by atoms with E-state index in [4.69, 9.17) is 0 Å². The molecule has 1 aliphatic heterocycles. The molecule has 2 heterocycles. The Bertz CT molecular complexity index is 828. The second kappa shape index (κ2) is 5.39. The Morgan fingerprint density at radius 3 is 2.95 bits per heavy atom. The summed E-state index contributed by atoms with van der Waals surface area (Å²) >= 11 is 0. The number of likely N-dealkylation sites (N-methyl/N-ethyl adjacent to an activating group) is 1. The van der Waals surface area contributed by atoms with E-state index in [-0.39, 0.29) is 0 Å². The van der Waals surface area contributed by atoms with Gasteiger partial charge in [0.15, 0.2) is 0 Å². The van der Waals surface area contributed by atoms with Crippen molar-refractivity contribution in [3.05, 3.63) is 59.8 Å². The summed E-state index contributed by atoms with van der Waals surface area (Å²) in [6.45, 7) is 2.14.